The van der Waals surface area contributed by atoms with Gasteiger partial charge in [0.25, 0.3) is 0 Å². The minimum atomic E-state index is -0.477. The first kappa shape index (κ1) is 12.4. The molecule has 1 aromatic carbocycles. The van der Waals surface area contributed by atoms with Crippen LogP contribution in [0.3, 0.4) is 0 Å². The molecule has 0 unspecified atom stereocenters. The van der Waals surface area contributed by atoms with Gasteiger partial charge in [-0.25, -0.2) is 4.79 Å². The Labute approximate surface area is 104 Å². The smallest absolute Gasteiger partial charge is 0.408 e. The SMILES string of the molecule is CCCCNC(=O)Cc1ccc2oc(=O)[nH]c2c1. The van der Waals surface area contributed by atoms with Crippen LogP contribution in [0.4, 0.5) is 0 Å². The van der Waals surface area contributed by atoms with Crippen molar-refractivity contribution in [2.75, 3.05) is 6.54 Å². The molecule has 0 saturated carbocycles. The Hall–Kier alpha value is -2.04. The van der Waals surface area contributed by atoms with E-state index in [1.165, 1.54) is 0 Å². The van der Waals surface area contributed by atoms with E-state index in [9.17, 15) is 9.59 Å². The third-order valence-corrected chi connectivity index (χ3v) is 2.70. The number of unbranched alkanes of at least 4 members (excludes halogenated alkanes) is 1. The molecule has 0 bridgehead atoms. The van der Waals surface area contributed by atoms with Crippen LogP contribution >= 0.6 is 0 Å². The minimum absolute atomic E-state index is 0.00589. The molecule has 0 aliphatic heterocycles. The van der Waals surface area contributed by atoms with Crippen LogP contribution in [-0.4, -0.2) is 17.4 Å². The van der Waals surface area contributed by atoms with Crippen molar-refractivity contribution in [1.29, 1.82) is 0 Å². The van der Waals surface area contributed by atoms with Gasteiger partial charge in [-0.3, -0.25) is 9.78 Å². The summed E-state index contributed by atoms with van der Waals surface area (Å²) in [5, 5.41) is 2.85. The van der Waals surface area contributed by atoms with Crippen LogP contribution in [-0.2, 0) is 11.2 Å². The maximum absolute atomic E-state index is 11.6. The maximum Gasteiger partial charge on any atom is 0.417 e. The van der Waals surface area contributed by atoms with Gasteiger partial charge in [-0.2, -0.15) is 0 Å². The van der Waals surface area contributed by atoms with E-state index >= 15 is 0 Å². The highest BCUT2D eigenvalue weighted by atomic mass is 16.4. The Morgan fingerprint density at radius 1 is 1.44 bits per heavy atom. The third kappa shape index (κ3) is 3.00. The second kappa shape index (κ2) is 5.53. The molecule has 0 aliphatic rings. The number of carbonyl (C=O) groups excluding carboxylic acids is 1. The van der Waals surface area contributed by atoms with Gasteiger partial charge in [0.1, 0.15) is 0 Å². The van der Waals surface area contributed by atoms with Crippen molar-refractivity contribution >= 4 is 17.0 Å². The first-order valence-corrected chi connectivity index (χ1v) is 6.07. The number of fused-ring (bicyclic) bond motifs is 1. The molecule has 2 aromatic rings. The molecule has 2 rings (SSSR count). The van der Waals surface area contributed by atoms with Crippen LogP contribution in [0.15, 0.2) is 27.4 Å². The Bertz CT molecular complexity index is 598. The number of aromatic amines is 1. The second-order valence-corrected chi connectivity index (χ2v) is 4.23. The van der Waals surface area contributed by atoms with E-state index < -0.39 is 5.76 Å². The number of carbonyl (C=O) groups is 1. The highest BCUT2D eigenvalue weighted by Gasteiger charge is 2.06. The van der Waals surface area contributed by atoms with Crippen LogP contribution in [0.2, 0.25) is 0 Å². The van der Waals surface area contributed by atoms with E-state index in [4.69, 9.17) is 4.42 Å². The zero-order chi connectivity index (χ0) is 13.0. The van der Waals surface area contributed by atoms with Crippen molar-refractivity contribution in [2.45, 2.75) is 26.2 Å². The quantitative estimate of drug-likeness (QED) is 0.789. The monoisotopic (exact) mass is 248 g/mol. The predicted molar refractivity (Wildman–Crippen MR) is 68.5 cm³/mol. The van der Waals surface area contributed by atoms with Gasteiger partial charge in [-0.1, -0.05) is 19.4 Å². The lowest BCUT2D eigenvalue weighted by atomic mass is 10.1. The van der Waals surface area contributed by atoms with Crippen LogP contribution in [0.1, 0.15) is 25.3 Å². The number of oxazole rings is 1. The zero-order valence-corrected chi connectivity index (χ0v) is 10.3. The molecule has 0 aliphatic carbocycles. The van der Waals surface area contributed by atoms with Crippen molar-refractivity contribution in [1.82, 2.24) is 10.3 Å². The summed E-state index contributed by atoms with van der Waals surface area (Å²) in [5.74, 6) is -0.483. The molecular formula is C13H16N2O3. The van der Waals surface area contributed by atoms with E-state index in [1.54, 1.807) is 18.2 Å². The van der Waals surface area contributed by atoms with E-state index in [0.29, 0.717) is 24.1 Å². The molecular weight excluding hydrogens is 232 g/mol. The molecule has 0 spiro atoms. The highest BCUT2D eigenvalue weighted by molar-refractivity contribution is 5.80. The number of aromatic nitrogens is 1. The van der Waals surface area contributed by atoms with E-state index in [2.05, 4.69) is 17.2 Å². The molecule has 96 valence electrons. The molecule has 0 fully saturated rings. The van der Waals surface area contributed by atoms with Gasteiger partial charge in [0.15, 0.2) is 5.58 Å². The zero-order valence-electron chi connectivity index (χ0n) is 10.3. The summed E-state index contributed by atoms with van der Waals surface area (Å²) in [5.41, 5.74) is 1.99. The van der Waals surface area contributed by atoms with Gasteiger partial charge in [-0.15, -0.1) is 0 Å². The molecule has 1 aromatic heterocycles. The predicted octanol–water partition coefficient (Wildman–Crippen LogP) is 1.58. The van der Waals surface area contributed by atoms with Crippen molar-refractivity contribution in [3.05, 3.63) is 34.3 Å². The lowest BCUT2D eigenvalue weighted by Gasteiger charge is -2.04. The molecule has 18 heavy (non-hydrogen) atoms. The molecule has 5 nitrogen and oxygen atoms in total. The lowest BCUT2D eigenvalue weighted by Crippen LogP contribution is -2.25. The van der Waals surface area contributed by atoms with Gasteiger partial charge in [0.2, 0.25) is 5.91 Å². The largest absolute Gasteiger partial charge is 0.417 e. The number of benzene rings is 1. The number of hydrogen-bond donors (Lipinski definition) is 2. The first-order valence-electron chi connectivity index (χ1n) is 6.07. The summed E-state index contributed by atoms with van der Waals surface area (Å²) >= 11 is 0. The van der Waals surface area contributed by atoms with Crippen LogP contribution < -0.4 is 11.1 Å². The normalized spacial score (nSPS) is 10.7. The van der Waals surface area contributed by atoms with Crippen molar-refractivity contribution in [2.24, 2.45) is 0 Å². The molecule has 0 saturated heterocycles. The van der Waals surface area contributed by atoms with Crippen LogP contribution in [0, 0.1) is 0 Å². The van der Waals surface area contributed by atoms with Gasteiger partial charge in [-0.05, 0) is 24.1 Å². The summed E-state index contributed by atoms with van der Waals surface area (Å²) < 4.78 is 4.90. The summed E-state index contributed by atoms with van der Waals surface area (Å²) in [6.07, 6.45) is 2.36. The van der Waals surface area contributed by atoms with Crippen molar-refractivity contribution < 1.29 is 9.21 Å². The fourth-order valence-corrected chi connectivity index (χ4v) is 1.76. The molecule has 1 amide bonds. The number of nitrogens with one attached hydrogen (secondary N) is 2. The lowest BCUT2D eigenvalue weighted by molar-refractivity contribution is -0.120. The number of H-pyrrole nitrogens is 1. The minimum Gasteiger partial charge on any atom is -0.408 e. The fraction of sp³-hybridized carbons (Fsp3) is 0.385. The van der Waals surface area contributed by atoms with Gasteiger partial charge in [0.05, 0.1) is 11.9 Å². The maximum atomic E-state index is 11.6. The van der Waals surface area contributed by atoms with E-state index in [-0.39, 0.29) is 5.91 Å². The number of amides is 1. The molecule has 1 heterocycles. The molecule has 2 N–H and O–H groups in total. The third-order valence-electron chi connectivity index (χ3n) is 2.70. The Morgan fingerprint density at radius 2 is 2.28 bits per heavy atom. The average molecular weight is 248 g/mol. The number of hydrogen-bond acceptors (Lipinski definition) is 3. The Kier molecular flexibility index (Phi) is 3.82. The van der Waals surface area contributed by atoms with Crippen molar-refractivity contribution in [3.8, 4) is 0 Å². The number of rotatable bonds is 5. The molecule has 0 radical (unpaired) electrons. The summed E-state index contributed by atoms with van der Waals surface area (Å²) in [4.78, 5) is 25.2. The Morgan fingerprint density at radius 3 is 3.06 bits per heavy atom. The molecule has 0 atom stereocenters. The van der Waals surface area contributed by atoms with Crippen LogP contribution in [0.5, 0.6) is 0 Å². The summed E-state index contributed by atoms with van der Waals surface area (Å²) in [6, 6.07) is 5.25. The molecule has 5 heteroatoms. The first-order chi connectivity index (χ1) is 8.69. The van der Waals surface area contributed by atoms with Crippen molar-refractivity contribution in [3.63, 3.8) is 0 Å². The average Bonchev–Trinajstić information content (AvgIpc) is 2.69. The van der Waals surface area contributed by atoms with Gasteiger partial charge >= 0.3 is 5.76 Å². The van der Waals surface area contributed by atoms with E-state index in [0.717, 1.165) is 18.4 Å². The Balaban J connectivity index is 2.02. The summed E-state index contributed by atoms with van der Waals surface area (Å²) in [6.45, 7) is 2.79. The van der Waals surface area contributed by atoms with Gasteiger partial charge < -0.3 is 9.73 Å². The van der Waals surface area contributed by atoms with Gasteiger partial charge in [0, 0.05) is 6.54 Å². The second-order valence-electron chi connectivity index (χ2n) is 4.23. The highest BCUT2D eigenvalue weighted by Crippen LogP contribution is 2.12. The van der Waals surface area contributed by atoms with Crippen LogP contribution in [0.25, 0.3) is 11.1 Å². The summed E-state index contributed by atoms with van der Waals surface area (Å²) in [7, 11) is 0. The topological polar surface area (TPSA) is 75.1 Å². The standard InChI is InChI=1S/C13H16N2O3/c1-2-3-6-14-12(16)8-9-4-5-11-10(7-9)15-13(17)18-11/h4-5,7H,2-3,6,8H2,1H3,(H,14,16)(H,15,17). The van der Waals surface area contributed by atoms with E-state index in [1.807, 2.05) is 0 Å². The fourth-order valence-electron chi connectivity index (χ4n) is 1.76.